The lowest BCUT2D eigenvalue weighted by atomic mass is 10.1. The highest BCUT2D eigenvalue weighted by atomic mass is 32.1. The second-order valence-electron chi connectivity index (χ2n) is 8.56. The third-order valence-corrected chi connectivity index (χ3v) is 7.32. The smallest absolute Gasteiger partial charge is 0.297 e. The SMILES string of the molecule is Cc1sc(=Nc2c(C)n(C)n(-c3ccccc3)c2=O)n(CCc2ccccc2)c1-c1ccccc1. The van der Waals surface area contributed by atoms with Crippen LogP contribution in [0.25, 0.3) is 16.9 Å². The van der Waals surface area contributed by atoms with Crippen LogP contribution in [-0.4, -0.2) is 13.9 Å². The van der Waals surface area contributed by atoms with Gasteiger partial charge in [0.1, 0.15) is 0 Å². The quantitative estimate of drug-likeness (QED) is 0.303. The van der Waals surface area contributed by atoms with Gasteiger partial charge < -0.3 is 4.57 Å². The van der Waals surface area contributed by atoms with Gasteiger partial charge in [0.25, 0.3) is 5.56 Å². The van der Waals surface area contributed by atoms with E-state index in [1.165, 1.54) is 10.4 Å². The summed E-state index contributed by atoms with van der Waals surface area (Å²) in [6, 6.07) is 30.6. The molecule has 3 aromatic carbocycles. The van der Waals surface area contributed by atoms with Crippen molar-refractivity contribution in [3.8, 4) is 16.9 Å². The first-order chi connectivity index (χ1) is 17.0. The van der Waals surface area contributed by atoms with Crippen LogP contribution in [0.4, 0.5) is 5.69 Å². The van der Waals surface area contributed by atoms with Gasteiger partial charge in [0, 0.05) is 18.5 Å². The third-order valence-electron chi connectivity index (χ3n) is 6.32. The van der Waals surface area contributed by atoms with E-state index in [9.17, 15) is 4.79 Å². The normalized spacial score (nSPS) is 11.8. The van der Waals surface area contributed by atoms with Crippen molar-refractivity contribution in [2.45, 2.75) is 26.8 Å². The number of benzene rings is 3. The minimum atomic E-state index is -0.113. The average Bonchev–Trinajstić information content (AvgIpc) is 3.31. The third kappa shape index (κ3) is 4.45. The van der Waals surface area contributed by atoms with Gasteiger partial charge in [0.05, 0.1) is 17.1 Å². The molecule has 0 aliphatic carbocycles. The summed E-state index contributed by atoms with van der Waals surface area (Å²) in [6.07, 6.45) is 0.881. The number of rotatable bonds is 6. The molecule has 0 saturated heterocycles. The molecule has 0 N–H and O–H groups in total. The van der Waals surface area contributed by atoms with Crippen LogP contribution in [0.3, 0.4) is 0 Å². The molecule has 5 aromatic rings. The van der Waals surface area contributed by atoms with E-state index in [2.05, 4.69) is 60.0 Å². The lowest BCUT2D eigenvalue weighted by Crippen LogP contribution is -2.20. The maximum Gasteiger partial charge on any atom is 0.297 e. The van der Waals surface area contributed by atoms with Crippen molar-refractivity contribution in [2.75, 3.05) is 0 Å². The van der Waals surface area contributed by atoms with E-state index in [1.54, 1.807) is 16.0 Å². The molecule has 5 nitrogen and oxygen atoms in total. The molecular weight excluding hydrogens is 452 g/mol. The largest absolute Gasteiger partial charge is 0.316 e. The van der Waals surface area contributed by atoms with E-state index in [0.717, 1.165) is 40.4 Å². The van der Waals surface area contributed by atoms with E-state index >= 15 is 0 Å². The summed E-state index contributed by atoms with van der Waals surface area (Å²) in [5.41, 5.74) is 5.61. The second kappa shape index (κ2) is 9.76. The van der Waals surface area contributed by atoms with Crippen LogP contribution < -0.4 is 10.4 Å². The fourth-order valence-corrected chi connectivity index (χ4v) is 5.46. The number of hydrogen-bond acceptors (Lipinski definition) is 3. The Balaban J connectivity index is 1.68. The van der Waals surface area contributed by atoms with Gasteiger partial charge in [-0.05, 0) is 43.5 Å². The fourth-order valence-electron chi connectivity index (χ4n) is 4.44. The van der Waals surface area contributed by atoms with Gasteiger partial charge in [-0.3, -0.25) is 9.48 Å². The lowest BCUT2D eigenvalue weighted by Gasteiger charge is -2.10. The van der Waals surface area contributed by atoms with Crippen LogP contribution in [0.1, 0.15) is 16.1 Å². The van der Waals surface area contributed by atoms with E-state index in [0.29, 0.717) is 5.69 Å². The summed E-state index contributed by atoms with van der Waals surface area (Å²) >= 11 is 1.63. The number of hydrogen-bond donors (Lipinski definition) is 0. The van der Waals surface area contributed by atoms with Gasteiger partial charge in [-0.15, -0.1) is 11.3 Å². The molecule has 0 fully saturated rings. The Kier molecular flexibility index (Phi) is 6.38. The number of aryl methyl sites for hydroxylation is 2. The highest BCUT2D eigenvalue weighted by Gasteiger charge is 2.18. The maximum atomic E-state index is 13.5. The Bertz CT molecular complexity index is 1570. The second-order valence-corrected chi connectivity index (χ2v) is 9.75. The van der Waals surface area contributed by atoms with Gasteiger partial charge in [-0.25, -0.2) is 9.67 Å². The molecule has 176 valence electrons. The summed E-state index contributed by atoms with van der Waals surface area (Å²) in [5.74, 6) is 0. The van der Waals surface area contributed by atoms with E-state index in [1.807, 2.05) is 61.1 Å². The first-order valence-corrected chi connectivity index (χ1v) is 12.5. The highest BCUT2D eigenvalue weighted by Crippen LogP contribution is 2.26. The standard InChI is InChI=1S/C29H28N4OS/c1-21-26(28(34)33(31(21)3)25-17-11-6-12-18-25)30-29-32(20-19-23-13-7-4-8-14-23)27(22(2)35-29)24-15-9-5-10-16-24/h4-18H,19-20H2,1-3H3. The van der Waals surface area contributed by atoms with Crippen LogP contribution in [0, 0.1) is 13.8 Å². The fraction of sp³-hybridized carbons (Fsp3) is 0.172. The first-order valence-electron chi connectivity index (χ1n) is 11.7. The highest BCUT2D eigenvalue weighted by molar-refractivity contribution is 7.09. The van der Waals surface area contributed by atoms with Crippen molar-refractivity contribution < 1.29 is 0 Å². The van der Waals surface area contributed by atoms with Crippen molar-refractivity contribution in [1.82, 2.24) is 13.9 Å². The molecular formula is C29H28N4OS. The van der Waals surface area contributed by atoms with E-state index in [4.69, 9.17) is 4.99 Å². The summed E-state index contributed by atoms with van der Waals surface area (Å²) in [7, 11) is 1.90. The molecule has 0 spiro atoms. The molecule has 0 amide bonds. The van der Waals surface area contributed by atoms with Crippen LogP contribution >= 0.6 is 11.3 Å². The van der Waals surface area contributed by atoms with E-state index in [-0.39, 0.29) is 5.56 Å². The molecule has 2 aromatic heterocycles. The van der Waals surface area contributed by atoms with Gasteiger partial charge in [0.2, 0.25) is 0 Å². The molecule has 0 aliphatic rings. The molecule has 0 atom stereocenters. The molecule has 0 unspecified atom stereocenters. The number of para-hydroxylation sites is 1. The molecule has 0 bridgehead atoms. The van der Waals surface area contributed by atoms with E-state index < -0.39 is 0 Å². The number of aromatic nitrogens is 3. The monoisotopic (exact) mass is 480 g/mol. The Labute approximate surface area is 208 Å². The first kappa shape index (κ1) is 22.9. The lowest BCUT2D eigenvalue weighted by molar-refractivity contribution is 0.630. The predicted molar refractivity (Wildman–Crippen MR) is 144 cm³/mol. The number of thiazole rings is 1. The van der Waals surface area contributed by atoms with Gasteiger partial charge >= 0.3 is 0 Å². The van der Waals surface area contributed by atoms with Gasteiger partial charge in [-0.2, -0.15) is 0 Å². The van der Waals surface area contributed by atoms with Crippen molar-refractivity contribution in [1.29, 1.82) is 0 Å². The van der Waals surface area contributed by atoms with Crippen molar-refractivity contribution >= 4 is 17.0 Å². The Morgan fingerprint density at radius 3 is 2.09 bits per heavy atom. The van der Waals surface area contributed by atoms with Gasteiger partial charge in [-0.1, -0.05) is 78.9 Å². The molecule has 6 heteroatoms. The Morgan fingerprint density at radius 1 is 0.829 bits per heavy atom. The predicted octanol–water partition coefficient (Wildman–Crippen LogP) is 5.80. The zero-order chi connectivity index (χ0) is 24.4. The molecule has 0 radical (unpaired) electrons. The zero-order valence-electron chi connectivity index (χ0n) is 20.2. The minimum Gasteiger partial charge on any atom is -0.316 e. The Morgan fingerprint density at radius 2 is 1.43 bits per heavy atom. The van der Waals surface area contributed by atoms with Crippen LogP contribution in [-0.2, 0) is 20.0 Å². The molecule has 0 aliphatic heterocycles. The summed E-state index contributed by atoms with van der Waals surface area (Å²) in [4.78, 5) is 20.5. The van der Waals surface area contributed by atoms with Gasteiger partial charge in [0.15, 0.2) is 10.5 Å². The van der Waals surface area contributed by atoms with Crippen LogP contribution in [0.5, 0.6) is 0 Å². The van der Waals surface area contributed by atoms with Crippen molar-refractivity contribution in [3.05, 3.63) is 122 Å². The average molecular weight is 481 g/mol. The molecule has 2 heterocycles. The van der Waals surface area contributed by atoms with Crippen molar-refractivity contribution in [3.63, 3.8) is 0 Å². The van der Waals surface area contributed by atoms with Crippen molar-refractivity contribution in [2.24, 2.45) is 12.0 Å². The molecule has 35 heavy (non-hydrogen) atoms. The summed E-state index contributed by atoms with van der Waals surface area (Å²) in [6.45, 7) is 4.86. The minimum absolute atomic E-state index is 0.113. The Hall–Kier alpha value is -3.90. The molecule has 0 saturated carbocycles. The topological polar surface area (TPSA) is 44.2 Å². The summed E-state index contributed by atoms with van der Waals surface area (Å²) < 4.78 is 5.82. The van der Waals surface area contributed by atoms with Crippen LogP contribution in [0.2, 0.25) is 0 Å². The zero-order valence-corrected chi connectivity index (χ0v) is 21.0. The number of nitrogens with zero attached hydrogens (tertiary/aromatic N) is 4. The summed E-state index contributed by atoms with van der Waals surface area (Å²) in [5, 5.41) is 0. The molecule has 5 rings (SSSR count). The maximum absolute atomic E-state index is 13.5. The van der Waals surface area contributed by atoms with Crippen LogP contribution in [0.15, 0.2) is 101 Å².